The van der Waals surface area contributed by atoms with E-state index in [1.54, 1.807) is 42.5 Å². The Morgan fingerprint density at radius 1 is 1.07 bits per heavy atom. The molecule has 7 heteroatoms. The topological polar surface area (TPSA) is 90.9 Å². The second-order valence-corrected chi connectivity index (χ2v) is 6.11. The maximum absolute atomic E-state index is 12.2. The van der Waals surface area contributed by atoms with Gasteiger partial charge in [0, 0.05) is 23.4 Å². The number of Topliss-reactive ketones (excluding diaryl/α,β-unsaturated/α-hetero) is 1. The predicted molar refractivity (Wildman–Crippen MR) is 103 cm³/mol. The first-order valence-corrected chi connectivity index (χ1v) is 8.52. The van der Waals surface area contributed by atoms with Crippen molar-refractivity contribution >= 4 is 29.4 Å². The minimum absolute atomic E-state index is 0.106. The molecule has 1 amide bonds. The van der Waals surface area contributed by atoms with Crippen LogP contribution in [-0.2, 0) is 20.7 Å². The number of rotatable bonds is 7. The average Bonchev–Trinajstić information content (AvgIpc) is 3.09. The van der Waals surface area contributed by atoms with Gasteiger partial charge in [-0.1, -0.05) is 0 Å². The van der Waals surface area contributed by atoms with E-state index in [0.717, 1.165) is 5.56 Å². The third-order valence-electron chi connectivity index (χ3n) is 4.18. The van der Waals surface area contributed by atoms with Gasteiger partial charge >= 0.3 is 5.97 Å². The van der Waals surface area contributed by atoms with Crippen molar-refractivity contribution in [2.24, 2.45) is 0 Å². The lowest BCUT2D eigenvalue weighted by Crippen LogP contribution is -2.12. The number of methoxy groups -OCH3 is 2. The average molecular weight is 381 g/mol. The minimum Gasteiger partial charge on any atom is -0.497 e. The maximum Gasteiger partial charge on any atom is 0.331 e. The van der Waals surface area contributed by atoms with Crippen LogP contribution < -0.4 is 14.8 Å². The normalized spacial score (nSPS) is 12.4. The fourth-order valence-electron chi connectivity index (χ4n) is 2.76. The lowest BCUT2D eigenvalue weighted by molar-refractivity contribution is -0.136. The molecule has 0 atom stereocenters. The Hall–Kier alpha value is -3.61. The van der Waals surface area contributed by atoms with Crippen LogP contribution in [0.15, 0.2) is 42.5 Å². The summed E-state index contributed by atoms with van der Waals surface area (Å²) in [5, 5.41) is 2.70. The predicted octanol–water partition coefficient (Wildman–Crippen LogP) is 2.64. The number of ketones is 1. The summed E-state index contributed by atoms with van der Waals surface area (Å²) in [6.45, 7) is -0.384. The summed E-state index contributed by atoms with van der Waals surface area (Å²) in [6.07, 6.45) is 3.01. The summed E-state index contributed by atoms with van der Waals surface area (Å²) >= 11 is 0. The van der Waals surface area contributed by atoms with E-state index >= 15 is 0 Å². The molecule has 144 valence electrons. The van der Waals surface area contributed by atoms with Gasteiger partial charge in [0.25, 0.3) is 0 Å². The standard InChI is InChI=1S/C21H19NO6/c1-26-16-7-13(8-17(11-16)27-2)3-6-21(25)28-12-19(23)14-4-5-18-15(9-14)10-20(24)22-18/h3-9,11H,10,12H2,1-2H3,(H,22,24)/b6-3+. The number of esters is 1. The number of hydrogen-bond acceptors (Lipinski definition) is 6. The van der Waals surface area contributed by atoms with Gasteiger partial charge in [-0.2, -0.15) is 0 Å². The number of amides is 1. The minimum atomic E-state index is -0.645. The van der Waals surface area contributed by atoms with Crippen molar-refractivity contribution in [2.75, 3.05) is 26.1 Å². The molecule has 7 nitrogen and oxygen atoms in total. The first-order chi connectivity index (χ1) is 13.5. The van der Waals surface area contributed by atoms with Crippen molar-refractivity contribution in [3.05, 3.63) is 59.2 Å². The van der Waals surface area contributed by atoms with Crippen LogP contribution in [0.3, 0.4) is 0 Å². The highest BCUT2D eigenvalue weighted by molar-refractivity contribution is 6.03. The highest BCUT2D eigenvalue weighted by Gasteiger charge is 2.19. The SMILES string of the molecule is COc1cc(/C=C/C(=O)OCC(=O)c2ccc3c(c2)CC(=O)N3)cc(OC)c1. The molecule has 1 aliphatic heterocycles. The summed E-state index contributed by atoms with van der Waals surface area (Å²) in [5.74, 6) is 0.0877. The van der Waals surface area contributed by atoms with Crippen LogP contribution in [0.1, 0.15) is 21.5 Å². The van der Waals surface area contributed by atoms with E-state index in [0.29, 0.717) is 28.3 Å². The Balaban J connectivity index is 1.58. The molecule has 28 heavy (non-hydrogen) atoms. The molecular weight excluding hydrogens is 362 g/mol. The molecule has 1 heterocycles. The highest BCUT2D eigenvalue weighted by Crippen LogP contribution is 2.24. The van der Waals surface area contributed by atoms with Crippen LogP contribution in [0, 0.1) is 0 Å². The molecular formula is C21H19NO6. The van der Waals surface area contributed by atoms with Gasteiger partial charge in [0.15, 0.2) is 12.4 Å². The zero-order chi connectivity index (χ0) is 20.1. The van der Waals surface area contributed by atoms with Crippen molar-refractivity contribution in [1.29, 1.82) is 0 Å². The lowest BCUT2D eigenvalue weighted by Gasteiger charge is -2.06. The van der Waals surface area contributed by atoms with Gasteiger partial charge in [-0.15, -0.1) is 0 Å². The Kier molecular flexibility index (Phi) is 5.74. The molecule has 2 aromatic carbocycles. The van der Waals surface area contributed by atoms with E-state index in [-0.39, 0.29) is 24.7 Å². The van der Waals surface area contributed by atoms with Crippen LogP contribution in [-0.4, -0.2) is 38.5 Å². The molecule has 0 fully saturated rings. The van der Waals surface area contributed by atoms with Crippen molar-refractivity contribution < 1.29 is 28.6 Å². The smallest absolute Gasteiger partial charge is 0.331 e. The van der Waals surface area contributed by atoms with Crippen molar-refractivity contribution in [3.8, 4) is 11.5 Å². The third kappa shape index (κ3) is 4.56. The van der Waals surface area contributed by atoms with E-state index < -0.39 is 5.97 Å². The lowest BCUT2D eigenvalue weighted by atomic mass is 10.1. The van der Waals surface area contributed by atoms with Gasteiger partial charge in [-0.05, 0) is 47.5 Å². The number of ether oxygens (including phenoxy) is 3. The van der Waals surface area contributed by atoms with Crippen LogP contribution in [0.2, 0.25) is 0 Å². The van der Waals surface area contributed by atoms with Gasteiger partial charge in [0.2, 0.25) is 5.91 Å². The Bertz CT molecular complexity index is 941. The second-order valence-electron chi connectivity index (χ2n) is 6.11. The van der Waals surface area contributed by atoms with E-state index in [2.05, 4.69) is 5.32 Å². The molecule has 1 N–H and O–H groups in total. The van der Waals surface area contributed by atoms with Crippen molar-refractivity contribution in [3.63, 3.8) is 0 Å². The quantitative estimate of drug-likeness (QED) is 0.450. The van der Waals surface area contributed by atoms with Gasteiger partial charge in [-0.25, -0.2) is 4.79 Å². The summed E-state index contributed by atoms with van der Waals surface area (Å²) in [7, 11) is 3.07. The number of carbonyl (C=O) groups is 3. The maximum atomic E-state index is 12.2. The summed E-state index contributed by atoms with van der Waals surface area (Å²) in [6, 6.07) is 10.1. The summed E-state index contributed by atoms with van der Waals surface area (Å²) < 4.78 is 15.4. The van der Waals surface area contributed by atoms with E-state index in [9.17, 15) is 14.4 Å². The first-order valence-electron chi connectivity index (χ1n) is 8.52. The number of carbonyl (C=O) groups excluding carboxylic acids is 3. The fourth-order valence-corrected chi connectivity index (χ4v) is 2.76. The molecule has 0 radical (unpaired) electrons. The van der Waals surface area contributed by atoms with Crippen molar-refractivity contribution in [2.45, 2.75) is 6.42 Å². The highest BCUT2D eigenvalue weighted by atomic mass is 16.5. The number of benzene rings is 2. The molecule has 0 bridgehead atoms. The molecule has 0 saturated carbocycles. The Labute approximate surface area is 161 Å². The number of fused-ring (bicyclic) bond motifs is 1. The molecule has 0 saturated heterocycles. The van der Waals surface area contributed by atoms with Crippen LogP contribution in [0.4, 0.5) is 5.69 Å². The molecule has 0 aromatic heterocycles. The van der Waals surface area contributed by atoms with Crippen molar-refractivity contribution in [1.82, 2.24) is 0 Å². The zero-order valence-corrected chi connectivity index (χ0v) is 15.5. The Morgan fingerprint density at radius 3 is 2.46 bits per heavy atom. The van der Waals surface area contributed by atoms with Crippen LogP contribution in [0.25, 0.3) is 6.08 Å². The van der Waals surface area contributed by atoms with Crippen LogP contribution >= 0.6 is 0 Å². The van der Waals surface area contributed by atoms with Gasteiger partial charge in [0.1, 0.15) is 11.5 Å². The monoisotopic (exact) mass is 381 g/mol. The summed E-state index contributed by atoms with van der Waals surface area (Å²) in [4.78, 5) is 35.5. The molecule has 0 aliphatic carbocycles. The third-order valence-corrected chi connectivity index (χ3v) is 4.18. The number of anilines is 1. The second kappa shape index (κ2) is 8.39. The van der Waals surface area contributed by atoms with E-state index in [1.165, 1.54) is 20.3 Å². The first kappa shape index (κ1) is 19.2. The van der Waals surface area contributed by atoms with Gasteiger partial charge in [-0.3, -0.25) is 9.59 Å². The zero-order valence-electron chi connectivity index (χ0n) is 15.5. The molecule has 1 aliphatic rings. The Morgan fingerprint density at radius 2 is 1.79 bits per heavy atom. The molecule has 0 unspecified atom stereocenters. The van der Waals surface area contributed by atoms with Crippen LogP contribution in [0.5, 0.6) is 11.5 Å². The van der Waals surface area contributed by atoms with Gasteiger partial charge < -0.3 is 19.5 Å². The summed E-state index contributed by atoms with van der Waals surface area (Å²) in [5.41, 5.74) is 2.55. The van der Waals surface area contributed by atoms with E-state index in [1.807, 2.05) is 0 Å². The fraction of sp³-hybridized carbons (Fsp3) is 0.190. The number of hydrogen-bond donors (Lipinski definition) is 1. The molecule has 0 spiro atoms. The van der Waals surface area contributed by atoms with E-state index in [4.69, 9.17) is 14.2 Å². The molecule has 3 rings (SSSR count). The van der Waals surface area contributed by atoms with Gasteiger partial charge in [0.05, 0.1) is 20.6 Å². The largest absolute Gasteiger partial charge is 0.497 e. The molecule has 2 aromatic rings. The number of nitrogens with one attached hydrogen (secondary N) is 1.